The normalized spacial score (nSPS) is 14.7. The molecule has 4 rings (SSSR count). The van der Waals surface area contributed by atoms with Crippen LogP contribution in [0.1, 0.15) is 30.5 Å². The Labute approximate surface area is 157 Å². The molecule has 3 heterocycles. The zero-order valence-corrected chi connectivity index (χ0v) is 15.7. The number of hydrogen-bond acceptors (Lipinski definition) is 4. The van der Waals surface area contributed by atoms with Gasteiger partial charge in [-0.1, -0.05) is 24.3 Å². The van der Waals surface area contributed by atoms with E-state index in [1.165, 1.54) is 17.0 Å². The summed E-state index contributed by atoms with van der Waals surface area (Å²) in [5.41, 5.74) is 2.39. The fourth-order valence-corrected chi connectivity index (χ4v) is 3.61. The van der Waals surface area contributed by atoms with Gasteiger partial charge in [0.05, 0.1) is 0 Å². The number of likely N-dealkylation sites (tertiary alicyclic amines) is 1. The lowest BCUT2D eigenvalue weighted by atomic mass is 10.1. The first-order valence-electron chi connectivity index (χ1n) is 9.35. The van der Waals surface area contributed by atoms with Crippen molar-refractivity contribution < 1.29 is 4.79 Å². The van der Waals surface area contributed by atoms with Gasteiger partial charge in [0.1, 0.15) is 6.54 Å². The van der Waals surface area contributed by atoms with E-state index < -0.39 is 0 Å². The highest BCUT2D eigenvalue weighted by Crippen LogP contribution is 2.20. The minimum absolute atomic E-state index is 0.0591. The van der Waals surface area contributed by atoms with Gasteiger partial charge in [-0.3, -0.25) is 9.59 Å². The standard InChI is InChI=1S/C20H23N5O2/c1-14-8-4-5-9-16(14)19-21-20-24(15(2)12-17(26)25(20)22-19)13-18(27)23-10-6-3-7-11-23/h4-5,8-9,12H,3,6-7,10-11,13H2,1-2H3. The lowest BCUT2D eigenvalue weighted by molar-refractivity contribution is -0.132. The van der Waals surface area contributed by atoms with Gasteiger partial charge in [0.15, 0.2) is 5.82 Å². The minimum Gasteiger partial charge on any atom is -0.341 e. The summed E-state index contributed by atoms with van der Waals surface area (Å²) in [5.74, 6) is 0.961. The Balaban J connectivity index is 1.77. The molecule has 1 amide bonds. The van der Waals surface area contributed by atoms with Crippen LogP contribution in [0.2, 0.25) is 0 Å². The van der Waals surface area contributed by atoms with Gasteiger partial charge in [-0.15, -0.1) is 5.10 Å². The summed E-state index contributed by atoms with van der Waals surface area (Å²) in [6, 6.07) is 9.30. The maximum absolute atomic E-state index is 12.7. The number of hydrogen-bond donors (Lipinski definition) is 0. The number of piperidine rings is 1. The number of carbonyl (C=O) groups excluding carboxylic acids is 1. The molecule has 0 bridgehead atoms. The minimum atomic E-state index is -0.239. The predicted molar refractivity (Wildman–Crippen MR) is 103 cm³/mol. The molecule has 0 N–H and O–H groups in total. The molecule has 1 saturated heterocycles. The number of rotatable bonds is 3. The molecule has 7 nitrogen and oxygen atoms in total. The number of amides is 1. The van der Waals surface area contributed by atoms with Crippen molar-refractivity contribution in [2.24, 2.45) is 0 Å². The van der Waals surface area contributed by atoms with Crippen LogP contribution < -0.4 is 5.56 Å². The highest BCUT2D eigenvalue weighted by molar-refractivity contribution is 5.76. The Kier molecular flexibility index (Phi) is 4.51. The Bertz CT molecular complexity index is 1060. The van der Waals surface area contributed by atoms with E-state index in [2.05, 4.69) is 10.1 Å². The van der Waals surface area contributed by atoms with Crippen LogP contribution in [-0.4, -0.2) is 43.1 Å². The molecule has 7 heteroatoms. The number of fused-ring (bicyclic) bond motifs is 1. The molecule has 27 heavy (non-hydrogen) atoms. The maximum atomic E-state index is 12.7. The average Bonchev–Trinajstić information content (AvgIpc) is 3.11. The number of nitrogens with zero attached hydrogens (tertiary/aromatic N) is 5. The van der Waals surface area contributed by atoms with Gasteiger partial charge in [-0.2, -0.15) is 9.50 Å². The van der Waals surface area contributed by atoms with Gasteiger partial charge in [0.25, 0.3) is 5.56 Å². The van der Waals surface area contributed by atoms with E-state index in [0.717, 1.165) is 37.1 Å². The molecule has 1 aromatic carbocycles. The second-order valence-corrected chi connectivity index (χ2v) is 7.11. The van der Waals surface area contributed by atoms with Crippen molar-refractivity contribution in [1.82, 2.24) is 24.1 Å². The van der Waals surface area contributed by atoms with Gasteiger partial charge < -0.3 is 9.47 Å². The Morgan fingerprint density at radius 1 is 1.11 bits per heavy atom. The zero-order chi connectivity index (χ0) is 19.0. The summed E-state index contributed by atoms with van der Waals surface area (Å²) in [5, 5.41) is 4.41. The third kappa shape index (κ3) is 3.25. The number of aromatic nitrogens is 4. The fraction of sp³-hybridized carbons (Fsp3) is 0.400. The van der Waals surface area contributed by atoms with Gasteiger partial charge in [0, 0.05) is 30.4 Å². The summed E-state index contributed by atoms with van der Waals surface area (Å²) in [7, 11) is 0. The average molecular weight is 365 g/mol. The molecule has 0 atom stereocenters. The van der Waals surface area contributed by atoms with Crippen molar-refractivity contribution in [3.8, 4) is 11.4 Å². The molecule has 1 aliphatic heterocycles. The topological polar surface area (TPSA) is 72.5 Å². The summed E-state index contributed by atoms with van der Waals surface area (Å²) in [6.07, 6.45) is 3.27. The Morgan fingerprint density at radius 2 is 1.85 bits per heavy atom. The highest BCUT2D eigenvalue weighted by atomic mass is 16.2. The molecule has 0 unspecified atom stereocenters. The van der Waals surface area contributed by atoms with Gasteiger partial charge in [0.2, 0.25) is 11.7 Å². The van der Waals surface area contributed by atoms with E-state index in [1.807, 2.05) is 43.0 Å². The SMILES string of the molecule is Cc1ccccc1-c1nc2n(CC(=O)N3CCCCC3)c(C)cc(=O)n2n1. The van der Waals surface area contributed by atoms with Crippen LogP contribution in [0.25, 0.3) is 17.2 Å². The lowest BCUT2D eigenvalue weighted by Crippen LogP contribution is -2.38. The largest absolute Gasteiger partial charge is 0.341 e. The second kappa shape index (κ2) is 6.98. The molecule has 0 saturated carbocycles. The molecule has 0 spiro atoms. The molecule has 0 radical (unpaired) electrons. The van der Waals surface area contributed by atoms with Crippen molar-refractivity contribution in [1.29, 1.82) is 0 Å². The van der Waals surface area contributed by atoms with E-state index in [0.29, 0.717) is 17.3 Å². The first-order chi connectivity index (χ1) is 13.0. The molecule has 140 valence electrons. The first kappa shape index (κ1) is 17.5. The van der Waals surface area contributed by atoms with E-state index in [1.54, 1.807) is 4.57 Å². The van der Waals surface area contributed by atoms with Crippen molar-refractivity contribution in [2.75, 3.05) is 13.1 Å². The number of benzene rings is 1. The quantitative estimate of drug-likeness (QED) is 0.713. The van der Waals surface area contributed by atoms with Gasteiger partial charge >= 0.3 is 0 Å². The summed E-state index contributed by atoms with van der Waals surface area (Å²) in [6.45, 7) is 5.58. The second-order valence-electron chi connectivity index (χ2n) is 7.11. The van der Waals surface area contributed by atoms with Gasteiger partial charge in [-0.05, 0) is 38.7 Å². The zero-order valence-electron chi connectivity index (χ0n) is 15.7. The van der Waals surface area contributed by atoms with Crippen LogP contribution >= 0.6 is 0 Å². The molecule has 0 aliphatic carbocycles. The first-order valence-corrected chi connectivity index (χ1v) is 9.35. The summed E-state index contributed by atoms with van der Waals surface area (Å²) in [4.78, 5) is 31.7. The van der Waals surface area contributed by atoms with Crippen molar-refractivity contribution in [3.05, 3.63) is 51.9 Å². The van der Waals surface area contributed by atoms with Crippen molar-refractivity contribution in [3.63, 3.8) is 0 Å². The third-order valence-corrected chi connectivity index (χ3v) is 5.19. The number of aryl methyl sites for hydroxylation is 2. The van der Waals surface area contributed by atoms with Crippen LogP contribution in [0.3, 0.4) is 0 Å². The molecule has 3 aromatic rings. The van der Waals surface area contributed by atoms with Crippen LogP contribution in [0.4, 0.5) is 0 Å². The summed E-state index contributed by atoms with van der Waals surface area (Å²) >= 11 is 0. The van der Waals surface area contributed by atoms with E-state index in [-0.39, 0.29) is 18.0 Å². The van der Waals surface area contributed by atoms with E-state index in [4.69, 9.17) is 0 Å². The van der Waals surface area contributed by atoms with Crippen LogP contribution in [-0.2, 0) is 11.3 Å². The smallest absolute Gasteiger partial charge is 0.275 e. The molecule has 1 fully saturated rings. The van der Waals surface area contributed by atoms with E-state index in [9.17, 15) is 9.59 Å². The molecular weight excluding hydrogens is 342 g/mol. The molecule has 2 aromatic heterocycles. The van der Waals surface area contributed by atoms with Crippen LogP contribution in [0.15, 0.2) is 35.1 Å². The Morgan fingerprint density at radius 3 is 2.59 bits per heavy atom. The lowest BCUT2D eigenvalue weighted by Gasteiger charge is -2.27. The third-order valence-electron chi connectivity index (χ3n) is 5.19. The van der Waals surface area contributed by atoms with E-state index >= 15 is 0 Å². The van der Waals surface area contributed by atoms with Crippen LogP contribution in [0, 0.1) is 13.8 Å². The predicted octanol–water partition coefficient (Wildman–Crippen LogP) is 2.19. The molecule has 1 aliphatic rings. The Hall–Kier alpha value is -2.96. The summed E-state index contributed by atoms with van der Waals surface area (Å²) < 4.78 is 3.07. The maximum Gasteiger partial charge on any atom is 0.275 e. The highest BCUT2D eigenvalue weighted by Gasteiger charge is 2.20. The van der Waals surface area contributed by atoms with Crippen LogP contribution in [0.5, 0.6) is 0 Å². The molecular formula is C20H23N5O2. The monoisotopic (exact) mass is 365 g/mol. The number of carbonyl (C=O) groups is 1. The van der Waals surface area contributed by atoms with Crippen molar-refractivity contribution in [2.45, 2.75) is 39.7 Å². The van der Waals surface area contributed by atoms with Crippen molar-refractivity contribution >= 4 is 11.7 Å². The van der Waals surface area contributed by atoms with Gasteiger partial charge in [-0.25, -0.2) is 0 Å². The fourth-order valence-electron chi connectivity index (χ4n) is 3.61.